The Morgan fingerprint density at radius 1 is 1.47 bits per heavy atom. The minimum absolute atomic E-state index is 0.0188. The summed E-state index contributed by atoms with van der Waals surface area (Å²) in [5, 5.41) is 3.69. The third-order valence-electron chi connectivity index (χ3n) is 4.37. The Balaban J connectivity index is 1.95. The van der Waals surface area contributed by atoms with Crippen LogP contribution in [0.25, 0.3) is 0 Å². The molecule has 0 aromatic heterocycles. The lowest BCUT2D eigenvalue weighted by atomic mass is 9.78. The summed E-state index contributed by atoms with van der Waals surface area (Å²) in [5.74, 6) is 0.434. The van der Waals surface area contributed by atoms with Gasteiger partial charge in [0.1, 0.15) is 5.82 Å². The second-order valence-corrected chi connectivity index (χ2v) is 5.51. The standard InChI is InChI=1S/C14H19FN2/c15-12-3-1-2-11(7-12)14-5-4-13(17-14)6-10(8-14)9-16/h1-3,7,10,13,17H,4-6,8-9,16H2. The van der Waals surface area contributed by atoms with Crippen LogP contribution in [0.3, 0.4) is 0 Å². The number of hydrogen-bond donors (Lipinski definition) is 2. The molecule has 0 amide bonds. The van der Waals surface area contributed by atoms with Gasteiger partial charge in [0, 0.05) is 11.6 Å². The lowest BCUT2D eigenvalue weighted by Crippen LogP contribution is -2.48. The molecular formula is C14H19FN2. The van der Waals surface area contributed by atoms with Gasteiger partial charge < -0.3 is 11.1 Å². The highest BCUT2D eigenvalue weighted by atomic mass is 19.1. The number of piperidine rings is 1. The van der Waals surface area contributed by atoms with Crippen LogP contribution in [0.15, 0.2) is 24.3 Å². The van der Waals surface area contributed by atoms with Gasteiger partial charge >= 0.3 is 0 Å². The molecule has 0 radical (unpaired) electrons. The fraction of sp³-hybridized carbons (Fsp3) is 0.571. The summed E-state index contributed by atoms with van der Waals surface area (Å²) < 4.78 is 13.4. The van der Waals surface area contributed by atoms with Crippen LogP contribution in [0.2, 0.25) is 0 Å². The van der Waals surface area contributed by atoms with E-state index in [0.29, 0.717) is 12.0 Å². The lowest BCUT2D eigenvalue weighted by Gasteiger charge is -2.39. The molecule has 2 saturated heterocycles. The van der Waals surface area contributed by atoms with Gasteiger partial charge in [-0.05, 0) is 55.8 Å². The van der Waals surface area contributed by atoms with Crippen LogP contribution in [0.5, 0.6) is 0 Å². The van der Waals surface area contributed by atoms with Crippen molar-refractivity contribution in [1.29, 1.82) is 0 Å². The second kappa shape index (κ2) is 4.07. The fourth-order valence-electron chi connectivity index (χ4n) is 3.58. The van der Waals surface area contributed by atoms with Gasteiger partial charge in [0.2, 0.25) is 0 Å². The van der Waals surface area contributed by atoms with E-state index in [-0.39, 0.29) is 11.4 Å². The molecule has 3 rings (SSSR count). The number of fused-ring (bicyclic) bond motifs is 2. The summed E-state index contributed by atoms with van der Waals surface area (Å²) in [4.78, 5) is 0. The lowest BCUT2D eigenvalue weighted by molar-refractivity contribution is 0.213. The highest BCUT2D eigenvalue weighted by molar-refractivity contribution is 5.28. The molecule has 0 aliphatic carbocycles. The highest BCUT2D eigenvalue weighted by Crippen LogP contribution is 2.45. The number of rotatable bonds is 2. The van der Waals surface area contributed by atoms with Crippen LogP contribution in [0.1, 0.15) is 31.2 Å². The molecule has 2 nitrogen and oxygen atoms in total. The molecule has 3 unspecified atom stereocenters. The Hall–Kier alpha value is -0.930. The van der Waals surface area contributed by atoms with Gasteiger partial charge in [-0.3, -0.25) is 0 Å². The number of halogens is 1. The van der Waals surface area contributed by atoms with Gasteiger partial charge in [-0.15, -0.1) is 0 Å². The molecule has 92 valence electrons. The smallest absolute Gasteiger partial charge is 0.123 e. The van der Waals surface area contributed by atoms with Crippen LogP contribution in [0.4, 0.5) is 4.39 Å². The molecule has 3 atom stereocenters. The first-order valence-corrected chi connectivity index (χ1v) is 6.46. The van der Waals surface area contributed by atoms with Gasteiger partial charge in [0.25, 0.3) is 0 Å². The Morgan fingerprint density at radius 3 is 3.12 bits per heavy atom. The van der Waals surface area contributed by atoms with Crippen molar-refractivity contribution >= 4 is 0 Å². The van der Waals surface area contributed by atoms with Crippen LogP contribution < -0.4 is 11.1 Å². The molecule has 3 N–H and O–H groups in total. The van der Waals surface area contributed by atoms with Crippen molar-refractivity contribution in [2.24, 2.45) is 11.7 Å². The van der Waals surface area contributed by atoms with Crippen molar-refractivity contribution < 1.29 is 4.39 Å². The molecule has 2 fully saturated rings. The van der Waals surface area contributed by atoms with E-state index in [1.807, 2.05) is 6.07 Å². The Kier molecular flexibility index (Phi) is 2.68. The zero-order valence-electron chi connectivity index (χ0n) is 9.95. The zero-order valence-corrected chi connectivity index (χ0v) is 9.95. The molecule has 1 aromatic carbocycles. The molecule has 2 bridgehead atoms. The first kappa shape index (κ1) is 11.2. The van der Waals surface area contributed by atoms with Crippen LogP contribution >= 0.6 is 0 Å². The van der Waals surface area contributed by atoms with E-state index in [2.05, 4.69) is 5.32 Å². The molecule has 0 spiro atoms. The first-order valence-electron chi connectivity index (χ1n) is 6.46. The van der Waals surface area contributed by atoms with E-state index in [1.165, 1.54) is 18.9 Å². The average Bonchev–Trinajstić information content (AvgIpc) is 2.66. The highest BCUT2D eigenvalue weighted by Gasteiger charge is 2.45. The van der Waals surface area contributed by atoms with Crippen LogP contribution in [-0.2, 0) is 5.54 Å². The van der Waals surface area contributed by atoms with Crippen LogP contribution in [0, 0.1) is 11.7 Å². The SMILES string of the molecule is NCC1CC2CCC(c3cccc(F)c3)(C1)N2. The maximum absolute atomic E-state index is 13.4. The van der Waals surface area contributed by atoms with E-state index >= 15 is 0 Å². The molecule has 2 heterocycles. The summed E-state index contributed by atoms with van der Waals surface area (Å²) in [6.45, 7) is 0.745. The predicted octanol–water partition coefficient (Wildman–Crippen LogP) is 2.14. The number of nitrogens with two attached hydrogens (primary N) is 1. The van der Waals surface area contributed by atoms with Gasteiger partial charge in [-0.2, -0.15) is 0 Å². The maximum Gasteiger partial charge on any atom is 0.123 e. The number of benzene rings is 1. The van der Waals surface area contributed by atoms with Gasteiger partial charge in [-0.25, -0.2) is 4.39 Å². The monoisotopic (exact) mass is 234 g/mol. The summed E-state index contributed by atoms with van der Waals surface area (Å²) >= 11 is 0. The van der Waals surface area contributed by atoms with Crippen molar-refractivity contribution in [2.75, 3.05) is 6.54 Å². The molecule has 3 heteroatoms. The molecular weight excluding hydrogens is 215 g/mol. The third-order valence-corrected chi connectivity index (χ3v) is 4.37. The average molecular weight is 234 g/mol. The van der Waals surface area contributed by atoms with Crippen molar-refractivity contribution in [2.45, 2.75) is 37.3 Å². The predicted molar refractivity (Wildman–Crippen MR) is 66.0 cm³/mol. The van der Waals surface area contributed by atoms with Gasteiger partial charge in [-0.1, -0.05) is 12.1 Å². The Bertz CT molecular complexity index is 420. The van der Waals surface area contributed by atoms with Gasteiger partial charge in [0.15, 0.2) is 0 Å². The molecule has 2 aliphatic rings. The largest absolute Gasteiger partial charge is 0.330 e. The van der Waals surface area contributed by atoms with Crippen LogP contribution in [-0.4, -0.2) is 12.6 Å². The fourth-order valence-corrected chi connectivity index (χ4v) is 3.58. The van der Waals surface area contributed by atoms with E-state index < -0.39 is 0 Å². The van der Waals surface area contributed by atoms with E-state index in [0.717, 1.165) is 24.9 Å². The maximum atomic E-state index is 13.4. The first-order chi connectivity index (χ1) is 8.22. The van der Waals surface area contributed by atoms with E-state index in [4.69, 9.17) is 5.73 Å². The topological polar surface area (TPSA) is 38.0 Å². The molecule has 2 aliphatic heterocycles. The summed E-state index contributed by atoms with van der Waals surface area (Å²) in [7, 11) is 0. The molecule has 1 aromatic rings. The Labute approximate surface area is 101 Å². The normalized spacial score (nSPS) is 36.1. The molecule has 0 saturated carbocycles. The zero-order chi connectivity index (χ0) is 11.9. The minimum atomic E-state index is -0.142. The summed E-state index contributed by atoms with van der Waals surface area (Å²) in [5.41, 5.74) is 6.90. The van der Waals surface area contributed by atoms with E-state index in [1.54, 1.807) is 12.1 Å². The van der Waals surface area contributed by atoms with Crippen molar-refractivity contribution in [1.82, 2.24) is 5.32 Å². The quantitative estimate of drug-likeness (QED) is 0.822. The van der Waals surface area contributed by atoms with Gasteiger partial charge in [0.05, 0.1) is 0 Å². The Morgan fingerprint density at radius 2 is 2.35 bits per heavy atom. The van der Waals surface area contributed by atoms with Crippen molar-refractivity contribution in [3.8, 4) is 0 Å². The summed E-state index contributed by atoms with van der Waals surface area (Å²) in [6, 6.07) is 7.60. The third kappa shape index (κ3) is 1.87. The minimum Gasteiger partial charge on any atom is -0.330 e. The molecule has 17 heavy (non-hydrogen) atoms. The van der Waals surface area contributed by atoms with Crippen molar-refractivity contribution in [3.63, 3.8) is 0 Å². The second-order valence-electron chi connectivity index (χ2n) is 5.51. The summed E-state index contributed by atoms with van der Waals surface area (Å²) in [6.07, 6.45) is 4.52. The number of hydrogen-bond acceptors (Lipinski definition) is 2. The van der Waals surface area contributed by atoms with E-state index in [9.17, 15) is 4.39 Å². The van der Waals surface area contributed by atoms with Crippen molar-refractivity contribution in [3.05, 3.63) is 35.6 Å². The number of nitrogens with one attached hydrogen (secondary N) is 1.